The van der Waals surface area contributed by atoms with E-state index in [1.54, 1.807) is 0 Å². The average Bonchev–Trinajstić information content (AvgIpc) is 2.47. The first-order valence-electron chi connectivity index (χ1n) is 6.93. The van der Waals surface area contributed by atoms with E-state index in [-0.39, 0.29) is 18.3 Å². The van der Waals surface area contributed by atoms with Gasteiger partial charge >= 0.3 is 0 Å². The second kappa shape index (κ2) is 7.26. The van der Waals surface area contributed by atoms with Crippen molar-refractivity contribution in [1.82, 2.24) is 0 Å². The summed E-state index contributed by atoms with van der Waals surface area (Å²) in [5, 5.41) is 6.51. The third kappa shape index (κ3) is 4.63. The van der Waals surface area contributed by atoms with Gasteiger partial charge in [-0.05, 0) is 37.1 Å². The van der Waals surface area contributed by atoms with Gasteiger partial charge in [0.15, 0.2) is 12.4 Å². The first kappa shape index (κ1) is 15.6. The number of nitrogens with two attached hydrogens (primary N) is 1. The number of carbonyl (C=O) groups excluding carboxylic acids is 1. The quantitative estimate of drug-likeness (QED) is 0.506. The van der Waals surface area contributed by atoms with Gasteiger partial charge in [-0.25, -0.2) is 0 Å². The second-order valence-electron chi connectivity index (χ2n) is 5.04. The topological polar surface area (TPSA) is 76.7 Å². The summed E-state index contributed by atoms with van der Waals surface area (Å²) in [6.07, 6.45) is 0. The van der Waals surface area contributed by atoms with Crippen LogP contribution >= 0.6 is 0 Å². The minimum atomic E-state index is -0.283. The number of amides is 1. The Bertz CT molecular complexity index is 661. The number of oxime groups is 1. The van der Waals surface area contributed by atoms with E-state index in [1.807, 2.05) is 62.4 Å². The molecule has 0 heterocycles. The molecule has 0 aliphatic heterocycles. The van der Waals surface area contributed by atoms with Crippen LogP contribution in [-0.4, -0.2) is 18.3 Å². The molecule has 2 aromatic rings. The summed E-state index contributed by atoms with van der Waals surface area (Å²) in [5.41, 5.74) is 9.43. The van der Waals surface area contributed by atoms with Gasteiger partial charge < -0.3 is 15.9 Å². The lowest BCUT2D eigenvalue weighted by molar-refractivity contribution is -0.120. The maximum atomic E-state index is 11.8. The fourth-order valence-electron chi connectivity index (χ4n) is 2.07. The number of benzene rings is 2. The van der Waals surface area contributed by atoms with Crippen molar-refractivity contribution in [2.75, 3.05) is 11.9 Å². The number of rotatable bonds is 5. The van der Waals surface area contributed by atoms with E-state index < -0.39 is 0 Å². The van der Waals surface area contributed by atoms with Crippen molar-refractivity contribution in [3.8, 4) is 0 Å². The molecule has 22 heavy (non-hydrogen) atoms. The van der Waals surface area contributed by atoms with E-state index in [0.717, 1.165) is 22.4 Å². The number of carbonyl (C=O) groups is 1. The lowest BCUT2D eigenvalue weighted by Gasteiger charge is -2.07. The highest BCUT2D eigenvalue weighted by molar-refractivity contribution is 5.97. The highest BCUT2D eigenvalue weighted by Gasteiger charge is 2.04. The molecule has 114 valence electrons. The predicted molar refractivity (Wildman–Crippen MR) is 87.7 cm³/mol. The monoisotopic (exact) mass is 297 g/mol. The van der Waals surface area contributed by atoms with Gasteiger partial charge in [-0.2, -0.15) is 0 Å². The van der Waals surface area contributed by atoms with E-state index >= 15 is 0 Å². The Morgan fingerprint density at radius 3 is 2.41 bits per heavy atom. The van der Waals surface area contributed by atoms with Gasteiger partial charge in [0.05, 0.1) is 0 Å². The number of nitrogens with one attached hydrogen (secondary N) is 1. The molecular formula is C17H19N3O2. The molecule has 5 heteroatoms. The third-order valence-electron chi connectivity index (χ3n) is 2.93. The normalized spacial score (nSPS) is 11.1. The van der Waals surface area contributed by atoms with E-state index in [4.69, 9.17) is 10.6 Å². The van der Waals surface area contributed by atoms with Crippen LogP contribution in [0.1, 0.15) is 16.7 Å². The van der Waals surface area contributed by atoms with Gasteiger partial charge in [0.1, 0.15) is 0 Å². The van der Waals surface area contributed by atoms with Crippen molar-refractivity contribution in [2.45, 2.75) is 13.8 Å². The van der Waals surface area contributed by atoms with E-state index in [0.29, 0.717) is 0 Å². The van der Waals surface area contributed by atoms with Gasteiger partial charge in [0.2, 0.25) is 0 Å². The van der Waals surface area contributed by atoms with Crippen LogP contribution in [0.3, 0.4) is 0 Å². The molecular weight excluding hydrogens is 278 g/mol. The molecule has 0 aliphatic rings. The zero-order chi connectivity index (χ0) is 15.9. The number of hydrogen-bond acceptors (Lipinski definition) is 3. The summed E-state index contributed by atoms with van der Waals surface area (Å²) in [6.45, 7) is 3.76. The minimum absolute atomic E-state index is 0.194. The molecule has 1 amide bonds. The van der Waals surface area contributed by atoms with Crippen LogP contribution in [0.15, 0.2) is 53.7 Å². The van der Waals surface area contributed by atoms with Crippen molar-refractivity contribution in [1.29, 1.82) is 0 Å². The number of nitrogens with zero attached hydrogens (tertiary/aromatic N) is 1. The van der Waals surface area contributed by atoms with Crippen LogP contribution in [0.2, 0.25) is 0 Å². The summed E-state index contributed by atoms with van der Waals surface area (Å²) in [4.78, 5) is 16.8. The fraction of sp³-hybridized carbons (Fsp3) is 0.176. The summed E-state index contributed by atoms with van der Waals surface area (Å²) in [7, 11) is 0. The van der Waals surface area contributed by atoms with Gasteiger partial charge in [-0.1, -0.05) is 41.6 Å². The number of hydrogen-bond donors (Lipinski definition) is 2. The lowest BCUT2D eigenvalue weighted by atomic mass is 10.1. The standard InChI is InChI=1S/C17H19N3O2/c1-12-8-13(2)10-15(9-12)19-16(21)11-22-20-17(18)14-6-4-3-5-7-14/h3-10H,11H2,1-2H3,(H2,18,20)(H,19,21). The Morgan fingerprint density at radius 2 is 1.77 bits per heavy atom. The summed E-state index contributed by atoms with van der Waals surface area (Å²) >= 11 is 0. The van der Waals surface area contributed by atoms with Crippen LogP contribution in [0, 0.1) is 13.8 Å². The molecule has 0 aliphatic carbocycles. The first-order valence-corrected chi connectivity index (χ1v) is 6.93. The predicted octanol–water partition coefficient (Wildman–Crippen LogP) is 2.58. The minimum Gasteiger partial charge on any atom is -0.384 e. The van der Waals surface area contributed by atoms with Crippen molar-refractivity contribution in [3.05, 3.63) is 65.2 Å². The van der Waals surface area contributed by atoms with Gasteiger partial charge in [0, 0.05) is 11.3 Å². The molecule has 0 atom stereocenters. The fourth-order valence-corrected chi connectivity index (χ4v) is 2.07. The van der Waals surface area contributed by atoms with Crippen molar-refractivity contribution >= 4 is 17.4 Å². The van der Waals surface area contributed by atoms with E-state index in [9.17, 15) is 4.79 Å². The molecule has 2 aromatic carbocycles. The molecule has 0 saturated heterocycles. The van der Waals surface area contributed by atoms with Crippen molar-refractivity contribution in [2.24, 2.45) is 10.9 Å². The highest BCUT2D eigenvalue weighted by Crippen LogP contribution is 2.13. The molecule has 0 unspecified atom stereocenters. The number of anilines is 1. The zero-order valence-electron chi connectivity index (χ0n) is 12.7. The molecule has 0 fully saturated rings. The maximum absolute atomic E-state index is 11.8. The largest absolute Gasteiger partial charge is 0.384 e. The Kier molecular flexibility index (Phi) is 5.14. The van der Waals surface area contributed by atoms with Gasteiger partial charge in [-0.15, -0.1) is 0 Å². The molecule has 0 radical (unpaired) electrons. The van der Waals surface area contributed by atoms with Gasteiger partial charge in [0.25, 0.3) is 5.91 Å². The summed E-state index contributed by atoms with van der Waals surface area (Å²) in [6, 6.07) is 15.1. The van der Waals surface area contributed by atoms with Crippen molar-refractivity contribution in [3.63, 3.8) is 0 Å². The van der Waals surface area contributed by atoms with Crippen LogP contribution in [0.4, 0.5) is 5.69 Å². The van der Waals surface area contributed by atoms with E-state index in [2.05, 4.69) is 10.5 Å². The Hall–Kier alpha value is -2.82. The SMILES string of the molecule is Cc1cc(C)cc(NC(=O)CO/N=C(/N)c2ccccc2)c1. The van der Waals surface area contributed by atoms with Gasteiger partial charge in [-0.3, -0.25) is 4.79 Å². The zero-order valence-corrected chi connectivity index (χ0v) is 12.7. The number of aryl methyl sites for hydroxylation is 2. The van der Waals surface area contributed by atoms with Crippen LogP contribution < -0.4 is 11.1 Å². The molecule has 0 spiro atoms. The Labute approximate surface area is 129 Å². The lowest BCUT2D eigenvalue weighted by Crippen LogP contribution is -2.19. The van der Waals surface area contributed by atoms with Crippen LogP contribution in [-0.2, 0) is 9.63 Å². The van der Waals surface area contributed by atoms with Crippen LogP contribution in [0.25, 0.3) is 0 Å². The van der Waals surface area contributed by atoms with E-state index in [1.165, 1.54) is 0 Å². The second-order valence-corrected chi connectivity index (χ2v) is 5.04. The first-order chi connectivity index (χ1) is 10.5. The molecule has 0 bridgehead atoms. The highest BCUT2D eigenvalue weighted by atomic mass is 16.6. The van der Waals surface area contributed by atoms with Crippen molar-refractivity contribution < 1.29 is 9.63 Å². The summed E-state index contributed by atoms with van der Waals surface area (Å²) in [5.74, 6) is -0.0468. The average molecular weight is 297 g/mol. The third-order valence-corrected chi connectivity index (χ3v) is 2.93. The summed E-state index contributed by atoms with van der Waals surface area (Å²) < 4.78 is 0. The van der Waals surface area contributed by atoms with Crippen LogP contribution in [0.5, 0.6) is 0 Å². The molecule has 0 aromatic heterocycles. The molecule has 3 N–H and O–H groups in total. The Balaban J connectivity index is 1.88. The molecule has 5 nitrogen and oxygen atoms in total. The molecule has 0 saturated carbocycles. The smallest absolute Gasteiger partial charge is 0.265 e. The maximum Gasteiger partial charge on any atom is 0.265 e. The molecule has 2 rings (SSSR count). The Morgan fingerprint density at radius 1 is 1.14 bits per heavy atom. The number of amidine groups is 1.